The molecule has 3 rings (SSSR count). The summed E-state index contributed by atoms with van der Waals surface area (Å²) in [5, 5.41) is 0.684. The number of rotatable bonds is 6. The van der Waals surface area contributed by atoms with Crippen LogP contribution in [0.15, 0.2) is 24.3 Å². The SMILES string of the molecule is CC(C)(C)OC(=O)N1CCC(N2C[C@H](COC(F)F)OC[C@@H]2Cc2ccc(Cl)cc2)CC1. The number of likely N-dealkylation sites (tertiary alicyclic amines) is 1. The van der Waals surface area contributed by atoms with Crippen LogP contribution >= 0.6 is 11.6 Å². The molecular formula is C23H33ClF2N2O4. The van der Waals surface area contributed by atoms with Gasteiger partial charge in [0.05, 0.1) is 19.3 Å². The van der Waals surface area contributed by atoms with Crippen molar-refractivity contribution in [3.05, 3.63) is 34.9 Å². The van der Waals surface area contributed by atoms with Crippen molar-refractivity contribution in [2.75, 3.05) is 32.8 Å². The smallest absolute Gasteiger partial charge is 0.410 e. The first-order chi connectivity index (χ1) is 15.1. The lowest BCUT2D eigenvalue weighted by Crippen LogP contribution is -2.58. The van der Waals surface area contributed by atoms with Crippen LogP contribution in [0.25, 0.3) is 0 Å². The van der Waals surface area contributed by atoms with Gasteiger partial charge >= 0.3 is 12.7 Å². The van der Waals surface area contributed by atoms with E-state index in [0.29, 0.717) is 31.3 Å². The van der Waals surface area contributed by atoms with Crippen molar-refractivity contribution in [2.24, 2.45) is 0 Å². The van der Waals surface area contributed by atoms with E-state index in [2.05, 4.69) is 9.64 Å². The zero-order chi connectivity index (χ0) is 23.3. The fraction of sp³-hybridized carbons (Fsp3) is 0.696. The molecule has 2 saturated heterocycles. The van der Waals surface area contributed by atoms with Crippen LogP contribution < -0.4 is 0 Å². The fourth-order valence-electron chi connectivity index (χ4n) is 4.28. The minimum Gasteiger partial charge on any atom is -0.444 e. The molecule has 0 N–H and O–H groups in total. The zero-order valence-electron chi connectivity index (χ0n) is 18.9. The Kier molecular flexibility index (Phi) is 8.72. The van der Waals surface area contributed by atoms with Crippen LogP contribution in [-0.4, -0.2) is 79.1 Å². The highest BCUT2D eigenvalue weighted by Gasteiger charge is 2.37. The molecule has 2 aliphatic heterocycles. The monoisotopic (exact) mass is 474 g/mol. The molecule has 0 radical (unpaired) electrons. The number of carbonyl (C=O) groups is 1. The van der Waals surface area contributed by atoms with E-state index in [-0.39, 0.29) is 24.8 Å². The molecular weight excluding hydrogens is 442 g/mol. The highest BCUT2D eigenvalue weighted by Crippen LogP contribution is 2.26. The highest BCUT2D eigenvalue weighted by molar-refractivity contribution is 6.30. The molecule has 1 amide bonds. The molecule has 9 heteroatoms. The van der Waals surface area contributed by atoms with Gasteiger partial charge in [0, 0.05) is 36.7 Å². The molecule has 180 valence electrons. The van der Waals surface area contributed by atoms with Crippen LogP contribution in [0.1, 0.15) is 39.2 Å². The summed E-state index contributed by atoms with van der Waals surface area (Å²) in [5.41, 5.74) is 0.612. The number of nitrogens with zero attached hydrogens (tertiary/aromatic N) is 2. The summed E-state index contributed by atoms with van der Waals surface area (Å²) in [7, 11) is 0. The summed E-state index contributed by atoms with van der Waals surface area (Å²) in [6.45, 7) is 4.77. The normalized spacial score (nSPS) is 23.5. The number of amides is 1. The Labute approximate surface area is 193 Å². The standard InChI is InChI=1S/C23H33ClF2N2O4/c1-23(2,3)32-22(29)27-10-8-18(9-11-27)28-13-20(15-31-21(25)26)30-14-19(28)12-16-4-6-17(24)7-5-16/h4-7,18-21H,8-15H2,1-3H3/t19-,20+/m0/s1. The number of piperidine rings is 1. The summed E-state index contributed by atoms with van der Waals surface area (Å²) >= 11 is 6.01. The van der Waals surface area contributed by atoms with Gasteiger partial charge in [-0.1, -0.05) is 23.7 Å². The Morgan fingerprint density at radius 3 is 2.47 bits per heavy atom. The summed E-state index contributed by atoms with van der Waals surface area (Å²) in [5.74, 6) is 0. The molecule has 0 aliphatic carbocycles. The van der Waals surface area contributed by atoms with Gasteiger partial charge in [0.1, 0.15) is 5.60 Å². The van der Waals surface area contributed by atoms with Gasteiger partial charge in [0.2, 0.25) is 0 Å². The maximum Gasteiger partial charge on any atom is 0.410 e. The predicted molar refractivity (Wildman–Crippen MR) is 118 cm³/mol. The second-order valence-corrected chi connectivity index (χ2v) is 9.87. The predicted octanol–water partition coefficient (Wildman–Crippen LogP) is 4.59. The summed E-state index contributed by atoms with van der Waals surface area (Å²) < 4.78 is 40.9. The summed E-state index contributed by atoms with van der Waals surface area (Å²) in [6.07, 6.45) is 1.65. The van der Waals surface area contributed by atoms with E-state index in [1.807, 2.05) is 45.0 Å². The molecule has 2 atom stereocenters. The Bertz CT molecular complexity index is 737. The number of hydrogen-bond acceptors (Lipinski definition) is 5. The highest BCUT2D eigenvalue weighted by atomic mass is 35.5. The van der Waals surface area contributed by atoms with Crippen molar-refractivity contribution >= 4 is 17.7 Å². The van der Waals surface area contributed by atoms with Crippen LogP contribution in [-0.2, 0) is 20.6 Å². The van der Waals surface area contributed by atoms with E-state index < -0.39 is 18.3 Å². The average molecular weight is 475 g/mol. The van der Waals surface area contributed by atoms with Crippen LogP contribution in [0.2, 0.25) is 5.02 Å². The van der Waals surface area contributed by atoms with Crippen LogP contribution in [0, 0.1) is 0 Å². The van der Waals surface area contributed by atoms with Crippen LogP contribution in [0.4, 0.5) is 13.6 Å². The zero-order valence-corrected chi connectivity index (χ0v) is 19.7. The third kappa shape index (κ3) is 7.54. The first-order valence-corrected chi connectivity index (χ1v) is 11.5. The second-order valence-electron chi connectivity index (χ2n) is 9.43. The molecule has 1 aromatic carbocycles. The number of halogens is 3. The Balaban J connectivity index is 1.64. The maximum absolute atomic E-state index is 12.5. The topological polar surface area (TPSA) is 51.2 Å². The van der Waals surface area contributed by atoms with E-state index in [4.69, 9.17) is 21.1 Å². The number of morpholine rings is 1. The van der Waals surface area contributed by atoms with Gasteiger partial charge in [-0.2, -0.15) is 8.78 Å². The molecule has 2 heterocycles. The fourth-order valence-corrected chi connectivity index (χ4v) is 4.41. The lowest BCUT2D eigenvalue weighted by atomic mass is 9.96. The molecule has 32 heavy (non-hydrogen) atoms. The Morgan fingerprint density at radius 1 is 1.22 bits per heavy atom. The Morgan fingerprint density at radius 2 is 1.88 bits per heavy atom. The minimum absolute atomic E-state index is 0.108. The molecule has 0 saturated carbocycles. The second kappa shape index (κ2) is 11.1. The third-order valence-corrected chi connectivity index (χ3v) is 6.04. The van der Waals surface area contributed by atoms with E-state index in [0.717, 1.165) is 24.8 Å². The largest absolute Gasteiger partial charge is 0.444 e. The summed E-state index contributed by atoms with van der Waals surface area (Å²) in [6, 6.07) is 8.06. The van der Waals surface area contributed by atoms with Crippen LogP contribution in [0.5, 0.6) is 0 Å². The van der Waals surface area contributed by atoms with E-state index in [1.54, 1.807) is 4.90 Å². The van der Waals surface area contributed by atoms with Crippen molar-refractivity contribution < 1.29 is 27.8 Å². The van der Waals surface area contributed by atoms with E-state index >= 15 is 0 Å². The van der Waals surface area contributed by atoms with Gasteiger partial charge in [-0.05, 0) is 57.7 Å². The molecule has 0 spiro atoms. The van der Waals surface area contributed by atoms with Gasteiger partial charge in [-0.3, -0.25) is 4.90 Å². The van der Waals surface area contributed by atoms with Crippen molar-refractivity contribution in [3.8, 4) is 0 Å². The van der Waals surface area contributed by atoms with Crippen molar-refractivity contribution in [3.63, 3.8) is 0 Å². The molecule has 0 bridgehead atoms. The molecule has 0 unspecified atom stereocenters. The first kappa shape index (κ1) is 25.1. The van der Waals surface area contributed by atoms with Gasteiger partial charge in [0.15, 0.2) is 0 Å². The van der Waals surface area contributed by atoms with E-state index in [9.17, 15) is 13.6 Å². The third-order valence-electron chi connectivity index (χ3n) is 5.79. The molecule has 2 fully saturated rings. The number of hydrogen-bond donors (Lipinski definition) is 0. The molecule has 6 nitrogen and oxygen atoms in total. The summed E-state index contributed by atoms with van der Waals surface area (Å²) in [4.78, 5) is 16.5. The van der Waals surface area contributed by atoms with Gasteiger partial charge in [-0.15, -0.1) is 0 Å². The number of ether oxygens (including phenoxy) is 3. The van der Waals surface area contributed by atoms with Crippen molar-refractivity contribution in [2.45, 2.75) is 70.4 Å². The van der Waals surface area contributed by atoms with Crippen molar-refractivity contribution in [1.29, 1.82) is 0 Å². The van der Waals surface area contributed by atoms with Gasteiger partial charge in [0.25, 0.3) is 0 Å². The lowest BCUT2D eigenvalue weighted by Gasteiger charge is -2.46. The molecule has 0 aromatic heterocycles. The lowest BCUT2D eigenvalue weighted by molar-refractivity contribution is -0.175. The van der Waals surface area contributed by atoms with Crippen molar-refractivity contribution in [1.82, 2.24) is 9.80 Å². The molecule has 2 aliphatic rings. The van der Waals surface area contributed by atoms with Gasteiger partial charge < -0.3 is 19.1 Å². The number of benzene rings is 1. The quantitative estimate of drug-likeness (QED) is 0.603. The first-order valence-electron chi connectivity index (χ1n) is 11.1. The number of carbonyl (C=O) groups excluding carboxylic acids is 1. The van der Waals surface area contributed by atoms with Crippen LogP contribution in [0.3, 0.4) is 0 Å². The number of alkyl halides is 2. The Hall–Kier alpha value is -1.48. The molecule has 1 aromatic rings. The van der Waals surface area contributed by atoms with Gasteiger partial charge in [-0.25, -0.2) is 4.79 Å². The average Bonchev–Trinajstić information content (AvgIpc) is 2.73. The maximum atomic E-state index is 12.5. The van der Waals surface area contributed by atoms with E-state index in [1.165, 1.54) is 0 Å². The minimum atomic E-state index is -2.81.